The van der Waals surface area contributed by atoms with Gasteiger partial charge < -0.3 is 14.8 Å². The molecule has 0 spiro atoms. The van der Waals surface area contributed by atoms with E-state index in [-0.39, 0.29) is 41.6 Å². The summed E-state index contributed by atoms with van der Waals surface area (Å²) in [6, 6.07) is 21.6. The number of nitrogens with one attached hydrogen (secondary N) is 1. The second kappa shape index (κ2) is 14.4. The van der Waals surface area contributed by atoms with Crippen molar-refractivity contribution in [3.63, 3.8) is 0 Å². The first-order valence-electron chi connectivity index (χ1n) is 12.1. The molecule has 38 heavy (non-hydrogen) atoms. The van der Waals surface area contributed by atoms with Gasteiger partial charge in [0.05, 0.1) is 19.1 Å². The molecule has 3 aromatic carbocycles. The first kappa shape index (κ1) is 29.8. The Bertz CT molecular complexity index is 1280. The first-order chi connectivity index (χ1) is 18.3. The summed E-state index contributed by atoms with van der Waals surface area (Å²) in [6.45, 7) is 0.665. The van der Waals surface area contributed by atoms with E-state index in [9.17, 15) is 13.2 Å². The molecule has 0 radical (unpaired) electrons. The Morgan fingerprint density at radius 2 is 1.53 bits per heavy atom. The maximum absolute atomic E-state index is 13.0. The molecule has 3 aromatic rings. The molecule has 1 amide bonds. The Morgan fingerprint density at radius 1 is 0.895 bits per heavy atom. The van der Waals surface area contributed by atoms with Crippen LogP contribution in [0.5, 0.6) is 11.5 Å². The SMILES string of the molecule is COc1ccc([C@H](CNC(=O)c2ccc(S(=O)(=O)N(CCCl)CCCl)cc2)Cc2ccccc2)cc1OC. The zero-order valence-electron chi connectivity index (χ0n) is 21.4. The van der Waals surface area contributed by atoms with E-state index in [1.807, 2.05) is 48.5 Å². The second-order valence-electron chi connectivity index (χ2n) is 8.52. The Labute approximate surface area is 234 Å². The Hall–Kier alpha value is -2.78. The van der Waals surface area contributed by atoms with Crippen LogP contribution in [0.2, 0.25) is 0 Å². The minimum Gasteiger partial charge on any atom is -0.493 e. The van der Waals surface area contributed by atoms with Crippen LogP contribution >= 0.6 is 23.2 Å². The molecule has 0 saturated heterocycles. The average molecular weight is 580 g/mol. The summed E-state index contributed by atoms with van der Waals surface area (Å²) in [5.74, 6) is 1.21. The summed E-state index contributed by atoms with van der Waals surface area (Å²) >= 11 is 11.5. The van der Waals surface area contributed by atoms with Gasteiger partial charge >= 0.3 is 0 Å². The van der Waals surface area contributed by atoms with Crippen LogP contribution in [-0.2, 0) is 16.4 Å². The van der Waals surface area contributed by atoms with Crippen molar-refractivity contribution >= 4 is 39.1 Å². The van der Waals surface area contributed by atoms with Gasteiger partial charge in [-0.25, -0.2) is 8.42 Å². The molecule has 0 aliphatic heterocycles. The quantitative estimate of drug-likeness (QED) is 0.274. The van der Waals surface area contributed by atoms with E-state index in [1.165, 1.54) is 28.6 Å². The highest BCUT2D eigenvalue weighted by atomic mass is 35.5. The third-order valence-corrected chi connectivity index (χ3v) is 8.39. The molecular weight excluding hydrogens is 547 g/mol. The van der Waals surface area contributed by atoms with Gasteiger partial charge in [-0.2, -0.15) is 4.31 Å². The van der Waals surface area contributed by atoms with Crippen LogP contribution in [0.25, 0.3) is 0 Å². The Balaban J connectivity index is 1.77. The van der Waals surface area contributed by atoms with Crippen molar-refractivity contribution in [2.45, 2.75) is 17.2 Å². The fourth-order valence-corrected chi connectivity index (χ4v) is 6.15. The lowest BCUT2D eigenvalue weighted by Gasteiger charge is -2.21. The average Bonchev–Trinajstić information content (AvgIpc) is 2.95. The van der Waals surface area contributed by atoms with Crippen LogP contribution in [0.4, 0.5) is 0 Å². The standard InChI is InChI=1S/C28H32Cl2N2O5S/c1-36-26-13-10-23(19-27(26)37-2)24(18-21-6-4-3-5-7-21)20-31-28(33)22-8-11-25(12-9-22)38(34,35)32(16-14-29)17-15-30/h3-13,19,24H,14-18,20H2,1-2H3,(H,31,33)/t24-/m0/s1. The van der Waals surface area contributed by atoms with Crippen LogP contribution in [0.1, 0.15) is 27.4 Å². The molecule has 0 heterocycles. The lowest BCUT2D eigenvalue weighted by Crippen LogP contribution is -2.34. The largest absolute Gasteiger partial charge is 0.493 e. The maximum atomic E-state index is 13.0. The van der Waals surface area contributed by atoms with E-state index in [0.717, 1.165) is 11.1 Å². The number of halogens is 2. The van der Waals surface area contributed by atoms with Gasteiger partial charge in [-0.1, -0.05) is 36.4 Å². The Kier molecular flexibility index (Phi) is 11.3. The summed E-state index contributed by atoms with van der Waals surface area (Å²) in [6.07, 6.45) is 0.699. The maximum Gasteiger partial charge on any atom is 0.251 e. The third kappa shape index (κ3) is 7.63. The van der Waals surface area contributed by atoms with Crippen LogP contribution in [0.3, 0.4) is 0 Å². The van der Waals surface area contributed by atoms with Crippen molar-refractivity contribution in [3.05, 3.63) is 89.5 Å². The van der Waals surface area contributed by atoms with Gasteiger partial charge in [0.15, 0.2) is 11.5 Å². The topological polar surface area (TPSA) is 84.9 Å². The number of hydrogen-bond acceptors (Lipinski definition) is 5. The monoisotopic (exact) mass is 578 g/mol. The number of carbonyl (C=O) groups excluding carboxylic acids is 1. The highest BCUT2D eigenvalue weighted by Crippen LogP contribution is 2.32. The zero-order valence-corrected chi connectivity index (χ0v) is 23.7. The summed E-state index contributed by atoms with van der Waals surface area (Å²) in [7, 11) is -0.592. The molecule has 1 N–H and O–H groups in total. The highest BCUT2D eigenvalue weighted by molar-refractivity contribution is 7.89. The van der Waals surface area contributed by atoms with Crippen molar-refractivity contribution < 1.29 is 22.7 Å². The van der Waals surface area contributed by atoms with Gasteiger partial charge in [0, 0.05) is 42.9 Å². The van der Waals surface area contributed by atoms with Crippen molar-refractivity contribution in [3.8, 4) is 11.5 Å². The smallest absolute Gasteiger partial charge is 0.251 e. The molecular formula is C28H32Cl2N2O5S. The van der Waals surface area contributed by atoms with Crippen molar-refractivity contribution in [1.82, 2.24) is 9.62 Å². The fourth-order valence-electron chi connectivity index (χ4n) is 4.10. The molecule has 0 aliphatic carbocycles. The zero-order chi connectivity index (χ0) is 27.5. The van der Waals surface area contributed by atoms with E-state index in [0.29, 0.717) is 30.0 Å². The van der Waals surface area contributed by atoms with E-state index in [2.05, 4.69) is 5.32 Å². The molecule has 7 nitrogen and oxygen atoms in total. The van der Waals surface area contributed by atoms with E-state index >= 15 is 0 Å². The number of carbonyl (C=O) groups is 1. The number of rotatable bonds is 14. The molecule has 0 bridgehead atoms. The number of ether oxygens (including phenoxy) is 2. The van der Waals surface area contributed by atoms with Crippen molar-refractivity contribution in [1.29, 1.82) is 0 Å². The van der Waals surface area contributed by atoms with Gasteiger partial charge in [0.2, 0.25) is 10.0 Å². The summed E-state index contributed by atoms with van der Waals surface area (Å²) < 4.78 is 37.9. The van der Waals surface area contributed by atoms with Gasteiger partial charge in [0.1, 0.15) is 0 Å². The number of sulfonamides is 1. The number of benzene rings is 3. The molecule has 0 fully saturated rings. The van der Waals surface area contributed by atoms with Crippen LogP contribution in [0.15, 0.2) is 77.7 Å². The summed E-state index contributed by atoms with van der Waals surface area (Å²) in [4.78, 5) is 13.1. The normalized spacial score (nSPS) is 12.2. The number of alkyl halides is 2. The predicted octanol–water partition coefficient (Wildman–Crippen LogP) is 4.93. The number of amides is 1. The third-order valence-electron chi connectivity index (χ3n) is 6.14. The van der Waals surface area contributed by atoms with Crippen LogP contribution < -0.4 is 14.8 Å². The van der Waals surface area contributed by atoms with Crippen LogP contribution in [0, 0.1) is 0 Å². The minimum absolute atomic E-state index is 0.0412. The van der Waals surface area contributed by atoms with Gasteiger partial charge in [0.25, 0.3) is 5.91 Å². The van der Waals surface area contributed by atoms with Gasteiger partial charge in [-0.15, -0.1) is 23.2 Å². The number of nitrogens with zero attached hydrogens (tertiary/aromatic N) is 1. The molecule has 0 unspecified atom stereocenters. The fraction of sp³-hybridized carbons (Fsp3) is 0.321. The van der Waals surface area contributed by atoms with Gasteiger partial charge in [-0.05, 0) is 53.9 Å². The second-order valence-corrected chi connectivity index (χ2v) is 11.2. The minimum atomic E-state index is -3.77. The van der Waals surface area contributed by atoms with Crippen LogP contribution in [-0.4, -0.2) is 64.2 Å². The Morgan fingerprint density at radius 3 is 2.11 bits per heavy atom. The van der Waals surface area contributed by atoms with Crippen molar-refractivity contribution in [2.75, 3.05) is 45.6 Å². The molecule has 0 saturated carbocycles. The highest BCUT2D eigenvalue weighted by Gasteiger charge is 2.24. The number of hydrogen-bond donors (Lipinski definition) is 1. The van der Waals surface area contributed by atoms with E-state index < -0.39 is 10.0 Å². The summed E-state index contributed by atoms with van der Waals surface area (Å²) in [5.41, 5.74) is 2.48. The molecule has 3 rings (SSSR count). The van der Waals surface area contributed by atoms with Gasteiger partial charge in [-0.3, -0.25) is 4.79 Å². The van der Waals surface area contributed by atoms with Crippen molar-refractivity contribution in [2.24, 2.45) is 0 Å². The molecule has 10 heteroatoms. The predicted molar refractivity (Wildman–Crippen MR) is 151 cm³/mol. The lowest BCUT2D eigenvalue weighted by atomic mass is 9.91. The van der Waals surface area contributed by atoms with E-state index in [1.54, 1.807) is 14.2 Å². The molecule has 0 aliphatic rings. The number of methoxy groups -OCH3 is 2. The first-order valence-corrected chi connectivity index (χ1v) is 14.6. The van der Waals surface area contributed by atoms with E-state index in [4.69, 9.17) is 32.7 Å². The lowest BCUT2D eigenvalue weighted by molar-refractivity contribution is 0.0951. The summed E-state index contributed by atoms with van der Waals surface area (Å²) in [5, 5.41) is 3.00. The molecule has 1 atom stereocenters. The molecule has 204 valence electrons. The molecule has 0 aromatic heterocycles.